The molecule has 0 radical (unpaired) electrons. The summed E-state index contributed by atoms with van der Waals surface area (Å²) in [6.07, 6.45) is 2.35. The number of rotatable bonds is 1. The lowest BCUT2D eigenvalue weighted by atomic mass is 10.1. The Bertz CT molecular complexity index is 196. The third-order valence-electron chi connectivity index (χ3n) is 1.98. The molecule has 1 heterocycles. The van der Waals surface area contributed by atoms with Crippen molar-refractivity contribution in [3.63, 3.8) is 0 Å². The minimum atomic E-state index is -1.43. The summed E-state index contributed by atoms with van der Waals surface area (Å²) in [5, 5.41) is 10.8. The van der Waals surface area contributed by atoms with Gasteiger partial charge in [0, 0.05) is 19.3 Å². The van der Waals surface area contributed by atoms with E-state index in [1.165, 1.54) is 0 Å². The average Bonchev–Trinajstić information content (AvgIpc) is 2.32. The smallest absolute Gasteiger partial charge is 0.394 e. The first-order chi connectivity index (χ1) is 6.20. The van der Waals surface area contributed by atoms with Gasteiger partial charge in [-0.25, -0.2) is 4.79 Å². The predicted octanol–water partition coefficient (Wildman–Crippen LogP) is -0.244. The summed E-state index contributed by atoms with van der Waals surface area (Å²) in [5.41, 5.74) is 0. The lowest BCUT2D eigenvalue weighted by Gasteiger charge is -2.13. The van der Waals surface area contributed by atoms with E-state index in [0.717, 1.165) is 12.8 Å². The molecule has 74 valence electrons. The largest absolute Gasteiger partial charge is 0.474 e. The second-order valence-electron chi connectivity index (χ2n) is 3.02. The number of amides is 1. The summed E-state index contributed by atoms with van der Waals surface area (Å²) >= 11 is 0. The number of nitrogens with one attached hydrogen (secondary N) is 1. The van der Waals surface area contributed by atoms with Crippen molar-refractivity contribution in [2.24, 2.45) is 0 Å². The molecule has 1 atom stereocenters. The normalized spacial score (nSPS) is 23.2. The third kappa shape index (κ3) is 3.42. The van der Waals surface area contributed by atoms with Gasteiger partial charge in [0.1, 0.15) is 0 Å². The van der Waals surface area contributed by atoms with Crippen molar-refractivity contribution in [2.45, 2.75) is 25.3 Å². The fraction of sp³-hybridized carbons (Fsp3) is 0.750. The molecule has 5 nitrogen and oxygen atoms in total. The number of carboxylic acids is 1. The van der Waals surface area contributed by atoms with Crippen LogP contribution >= 0.6 is 0 Å². The lowest BCUT2D eigenvalue weighted by molar-refractivity contribution is -0.150. The topological polar surface area (TPSA) is 75.6 Å². The molecule has 1 aliphatic heterocycles. The van der Waals surface area contributed by atoms with E-state index in [-0.39, 0.29) is 6.04 Å². The average molecular weight is 187 g/mol. The van der Waals surface area contributed by atoms with Crippen molar-refractivity contribution in [3.8, 4) is 0 Å². The summed E-state index contributed by atoms with van der Waals surface area (Å²) in [4.78, 5) is 21.0. The van der Waals surface area contributed by atoms with Gasteiger partial charge in [-0.2, -0.15) is 0 Å². The molecule has 5 heteroatoms. The van der Waals surface area contributed by atoms with Gasteiger partial charge in [-0.3, -0.25) is 4.79 Å². The minimum Gasteiger partial charge on any atom is -0.474 e. The molecule has 2 N–H and O–H groups in total. The molecule has 0 bridgehead atoms. The monoisotopic (exact) mass is 187 g/mol. The highest BCUT2D eigenvalue weighted by Gasteiger charge is 2.18. The summed E-state index contributed by atoms with van der Waals surface area (Å²) in [5.74, 6) is -2.35. The Morgan fingerprint density at radius 2 is 2.08 bits per heavy atom. The van der Waals surface area contributed by atoms with Crippen LogP contribution in [0.2, 0.25) is 0 Å². The van der Waals surface area contributed by atoms with Crippen molar-refractivity contribution in [1.82, 2.24) is 5.32 Å². The van der Waals surface area contributed by atoms with Crippen LogP contribution in [-0.2, 0) is 14.3 Å². The fourth-order valence-corrected chi connectivity index (χ4v) is 1.30. The molecule has 1 amide bonds. The molecule has 0 spiro atoms. The summed E-state index contributed by atoms with van der Waals surface area (Å²) in [6, 6.07) is -0.0499. The highest BCUT2D eigenvalue weighted by Crippen LogP contribution is 2.07. The highest BCUT2D eigenvalue weighted by molar-refractivity contribution is 6.31. The van der Waals surface area contributed by atoms with Gasteiger partial charge in [-0.15, -0.1) is 0 Å². The van der Waals surface area contributed by atoms with Crippen LogP contribution in [0.25, 0.3) is 0 Å². The number of ether oxygens (including phenoxy) is 1. The zero-order valence-electron chi connectivity index (χ0n) is 7.28. The first-order valence-corrected chi connectivity index (χ1v) is 4.31. The van der Waals surface area contributed by atoms with E-state index < -0.39 is 11.9 Å². The van der Waals surface area contributed by atoms with E-state index in [0.29, 0.717) is 19.6 Å². The first kappa shape index (κ1) is 9.98. The maximum absolute atomic E-state index is 10.8. The number of hydrogen-bond acceptors (Lipinski definition) is 3. The van der Waals surface area contributed by atoms with E-state index in [2.05, 4.69) is 5.32 Å². The molecule has 1 fully saturated rings. The van der Waals surface area contributed by atoms with Crippen molar-refractivity contribution in [1.29, 1.82) is 0 Å². The van der Waals surface area contributed by atoms with Gasteiger partial charge in [0.25, 0.3) is 0 Å². The molecule has 13 heavy (non-hydrogen) atoms. The van der Waals surface area contributed by atoms with Gasteiger partial charge in [0.05, 0.1) is 0 Å². The van der Waals surface area contributed by atoms with Crippen molar-refractivity contribution in [3.05, 3.63) is 0 Å². The standard InChI is InChI=1S/C8H13NO4/c10-7(8(11)12)9-6-2-1-4-13-5-3-6/h6H,1-5H2,(H,9,10)(H,11,12). The quantitative estimate of drug-likeness (QED) is 0.555. The highest BCUT2D eigenvalue weighted by atomic mass is 16.5. The Hall–Kier alpha value is -1.10. The molecule has 0 aromatic carbocycles. The van der Waals surface area contributed by atoms with E-state index >= 15 is 0 Å². The summed E-state index contributed by atoms with van der Waals surface area (Å²) in [6.45, 7) is 1.28. The molecule has 0 aromatic rings. The second kappa shape index (κ2) is 4.81. The van der Waals surface area contributed by atoms with E-state index in [4.69, 9.17) is 9.84 Å². The maximum Gasteiger partial charge on any atom is 0.394 e. The molecule has 1 rings (SSSR count). The van der Waals surface area contributed by atoms with Crippen LogP contribution in [0.3, 0.4) is 0 Å². The Morgan fingerprint density at radius 3 is 2.77 bits per heavy atom. The van der Waals surface area contributed by atoms with Crippen LogP contribution in [0.1, 0.15) is 19.3 Å². The van der Waals surface area contributed by atoms with Crippen LogP contribution < -0.4 is 5.32 Å². The summed E-state index contributed by atoms with van der Waals surface area (Å²) < 4.78 is 5.17. The molecule has 0 saturated carbocycles. The predicted molar refractivity (Wildman–Crippen MR) is 44.2 cm³/mol. The molecular weight excluding hydrogens is 174 g/mol. The minimum absolute atomic E-state index is 0.0499. The fourth-order valence-electron chi connectivity index (χ4n) is 1.30. The van der Waals surface area contributed by atoms with E-state index in [9.17, 15) is 9.59 Å². The Balaban J connectivity index is 2.33. The zero-order valence-corrected chi connectivity index (χ0v) is 7.28. The molecule has 1 saturated heterocycles. The van der Waals surface area contributed by atoms with Crippen LogP contribution in [-0.4, -0.2) is 36.2 Å². The lowest BCUT2D eigenvalue weighted by Crippen LogP contribution is -2.39. The van der Waals surface area contributed by atoms with Crippen LogP contribution in [0.15, 0.2) is 0 Å². The van der Waals surface area contributed by atoms with Crippen molar-refractivity contribution in [2.75, 3.05) is 13.2 Å². The van der Waals surface area contributed by atoms with Gasteiger partial charge >= 0.3 is 11.9 Å². The Kier molecular flexibility index (Phi) is 3.70. The van der Waals surface area contributed by atoms with Crippen LogP contribution in [0, 0.1) is 0 Å². The Morgan fingerprint density at radius 1 is 1.31 bits per heavy atom. The third-order valence-corrected chi connectivity index (χ3v) is 1.98. The summed E-state index contributed by atoms with van der Waals surface area (Å²) in [7, 11) is 0. The maximum atomic E-state index is 10.8. The van der Waals surface area contributed by atoms with Gasteiger partial charge in [0.2, 0.25) is 0 Å². The van der Waals surface area contributed by atoms with E-state index in [1.54, 1.807) is 0 Å². The van der Waals surface area contributed by atoms with Crippen LogP contribution in [0.5, 0.6) is 0 Å². The molecule has 1 unspecified atom stereocenters. The zero-order chi connectivity index (χ0) is 9.68. The molecular formula is C8H13NO4. The Labute approximate surface area is 76.1 Å². The van der Waals surface area contributed by atoms with Gasteiger partial charge in [0.15, 0.2) is 0 Å². The number of carbonyl (C=O) groups excluding carboxylic acids is 1. The number of hydrogen-bond donors (Lipinski definition) is 2. The number of carbonyl (C=O) groups is 2. The SMILES string of the molecule is O=C(O)C(=O)NC1CCCOCC1. The first-order valence-electron chi connectivity index (χ1n) is 4.31. The van der Waals surface area contributed by atoms with Crippen LogP contribution in [0.4, 0.5) is 0 Å². The van der Waals surface area contributed by atoms with Gasteiger partial charge in [-0.1, -0.05) is 0 Å². The molecule has 1 aliphatic rings. The van der Waals surface area contributed by atoms with Crippen molar-refractivity contribution >= 4 is 11.9 Å². The van der Waals surface area contributed by atoms with Gasteiger partial charge in [-0.05, 0) is 19.3 Å². The molecule has 0 aliphatic carbocycles. The van der Waals surface area contributed by atoms with E-state index in [1.807, 2.05) is 0 Å². The molecule has 0 aromatic heterocycles. The van der Waals surface area contributed by atoms with Crippen molar-refractivity contribution < 1.29 is 19.4 Å². The number of aliphatic carboxylic acids is 1. The van der Waals surface area contributed by atoms with Gasteiger partial charge < -0.3 is 15.2 Å². The second-order valence-corrected chi connectivity index (χ2v) is 3.02. The number of carboxylic acid groups (broad SMARTS) is 1.